The van der Waals surface area contributed by atoms with Gasteiger partial charge in [0.2, 0.25) is 0 Å². The molecule has 4 heteroatoms. The standard InChI is InChI=1S/C17H19BrFNO/c1-3-7-20-12(2)13-5-4-6-16(8-13)21-17-10-14(18)9-15(19)11-17/h4-6,8-12,20H,3,7H2,1-2H3. The van der Waals surface area contributed by atoms with E-state index >= 15 is 0 Å². The first-order chi connectivity index (χ1) is 10.1. The molecule has 2 aromatic carbocycles. The van der Waals surface area contributed by atoms with E-state index in [0.29, 0.717) is 16.0 Å². The molecule has 0 spiro atoms. The first kappa shape index (κ1) is 16.0. The number of nitrogens with one attached hydrogen (secondary N) is 1. The lowest BCUT2D eigenvalue weighted by Gasteiger charge is -2.15. The van der Waals surface area contributed by atoms with Gasteiger partial charge >= 0.3 is 0 Å². The van der Waals surface area contributed by atoms with Crippen LogP contribution in [0, 0.1) is 5.82 Å². The van der Waals surface area contributed by atoms with Crippen LogP contribution >= 0.6 is 15.9 Å². The summed E-state index contributed by atoms with van der Waals surface area (Å²) in [4.78, 5) is 0. The summed E-state index contributed by atoms with van der Waals surface area (Å²) in [5.74, 6) is 0.858. The monoisotopic (exact) mass is 351 g/mol. The smallest absolute Gasteiger partial charge is 0.131 e. The average Bonchev–Trinajstić information content (AvgIpc) is 2.44. The van der Waals surface area contributed by atoms with Crippen molar-refractivity contribution in [2.24, 2.45) is 0 Å². The molecule has 0 aromatic heterocycles. The molecular weight excluding hydrogens is 333 g/mol. The van der Waals surface area contributed by atoms with Gasteiger partial charge in [-0.15, -0.1) is 0 Å². The third-order valence-corrected chi connectivity index (χ3v) is 3.59. The Morgan fingerprint density at radius 3 is 2.71 bits per heavy atom. The summed E-state index contributed by atoms with van der Waals surface area (Å²) in [5.41, 5.74) is 1.15. The van der Waals surface area contributed by atoms with Crippen molar-refractivity contribution < 1.29 is 9.13 Å². The lowest BCUT2D eigenvalue weighted by molar-refractivity contribution is 0.473. The van der Waals surface area contributed by atoms with E-state index in [-0.39, 0.29) is 11.9 Å². The molecule has 21 heavy (non-hydrogen) atoms. The van der Waals surface area contributed by atoms with Crippen molar-refractivity contribution in [2.75, 3.05) is 6.54 Å². The Morgan fingerprint density at radius 2 is 2.00 bits per heavy atom. The van der Waals surface area contributed by atoms with E-state index in [0.717, 1.165) is 18.5 Å². The fourth-order valence-corrected chi connectivity index (χ4v) is 2.49. The van der Waals surface area contributed by atoms with Gasteiger partial charge in [0, 0.05) is 16.6 Å². The first-order valence-corrected chi connectivity index (χ1v) is 7.85. The van der Waals surface area contributed by atoms with Crippen LogP contribution in [0.15, 0.2) is 46.9 Å². The molecule has 0 aliphatic rings. The zero-order chi connectivity index (χ0) is 15.2. The van der Waals surface area contributed by atoms with Crippen LogP contribution < -0.4 is 10.1 Å². The zero-order valence-electron chi connectivity index (χ0n) is 12.2. The molecule has 0 aliphatic carbocycles. The lowest BCUT2D eigenvalue weighted by atomic mass is 10.1. The molecular formula is C17H19BrFNO. The van der Waals surface area contributed by atoms with E-state index in [9.17, 15) is 4.39 Å². The minimum Gasteiger partial charge on any atom is -0.457 e. The second kappa shape index (κ2) is 7.57. The molecule has 0 fully saturated rings. The first-order valence-electron chi connectivity index (χ1n) is 7.05. The highest BCUT2D eigenvalue weighted by atomic mass is 79.9. The maximum Gasteiger partial charge on any atom is 0.131 e. The summed E-state index contributed by atoms with van der Waals surface area (Å²) in [5, 5.41) is 3.43. The molecule has 0 saturated heterocycles. The maximum atomic E-state index is 13.4. The predicted molar refractivity (Wildman–Crippen MR) is 87.3 cm³/mol. The van der Waals surface area contributed by atoms with Gasteiger partial charge in [-0.05, 0) is 49.7 Å². The van der Waals surface area contributed by atoms with Crippen molar-refractivity contribution in [3.05, 3.63) is 58.3 Å². The quantitative estimate of drug-likeness (QED) is 0.747. The second-order valence-electron chi connectivity index (χ2n) is 4.96. The predicted octanol–water partition coefficient (Wildman–Crippen LogP) is 5.44. The lowest BCUT2D eigenvalue weighted by Crippen LogP contribution is -2.19. The van der Waals surface area contributed by atoms with Crippen LogP contribution in [0.4, 0.5) is 4.39 Å². The summed E-state index contributed by atoms with van der Waals surface area (Å²) < 4.78 is 19.8. The third-order valence-electron chi connectivity index (χ3n) is 3.13. The Morgan fingerprint density at radius 1 is 1.19 bits per heavy atom. The molecule has 0 saturated carbocycles. The Bertz CT molecular complexity index is 583. The van der Waals surface area contributed by atoms with Crippen LogP contribution in [0.3, 0.4) is 0 Å². The molecule has 2 aromatic rings. The van der Waals surface area contributed by atoms with Gasteiger partial charge in [0.05, 0.1) is 0 Å². The molecule has 1 unspecified atom stereocenters. The van der Waals surface area contributed by atoms with Gasteiger partial charge < -0.3 is 10.1 Å². The van der Waals surface area contributed by atoms with E-state index in [4.69, 9.17) is 4.74 Å². The van der Waals surface area contributed by atoms with Crippen LogP contribution in [-0.2, 0) is 0 Å². The summed E-state index contributed by atoms with van der Waals surface area (Å²) >= 11 is 3.26. The number of hydrogen-bond acceptors (Lipinski definition) is 2. The van der Waals surface area contributed by atoms with Crippen molar-refractivity contribution >= 4 is 15.9 Å². The molecule has 0 bridgehead atoms. The summed E-state index contributed by atoms with van der Waals surface area (Å²) in [6, 6.07) is 12.6. The van der Waals surface area contributed by atoms with Crippen LogP contribution in [0.5, 0.6) is 11.5 Å². The molecule has 2 nitrogen and oxygen atoms in total. The highest BCUT2D eigenvalue weighted by Gasteiger charge is 2.07. The molecule has 2 rings (SSSR count). The molecule has 0 heterocycles. The normalized spacial score (nSPS) is 12.2. The molecule has 0 amide bonds. The molecule has 1 N–H and O–H groups in total. The topological polar surface area (TPSA) is 21.3 Å². The van der Waals surface area contributed by atoms with Crippen LogP contribution in [0.25, 0.3) is 0 Å². The van der Waals surface area contributed by atoms with Crippen LogP contribution in [0.2, 0.25) is 0 Å². The van der Waals surface area contributed by atoms with Gasteiger partial charge in [0.25, 0.3) is 0 Å². The highest BCUT2D eigenvalue weighted by Crippen LogP contribution is 2.27. The minimum absolute atomic E-state index is 0.257. The van der Waals surface area contributed by atoms with E-state index in [1.165, 1.54) is 12.1 Å². The third kappa shape index (κ3) is 4.83. The van der Waals surface area contributed by atoms with Crippen LogP contribution in [-0.4, -0.2) is 6.54 Å². The van der Waals surface area contributed by atoms with E-state index in [1.54, 1.807) is 6.07 Å². The molecule has 1 atom stereocenters. The van der Waals surface area contributed by atoms with Crippen molar-refractivity contribution in [1.29, 1.82) is 0 Å². The Labute approximate surface area is 133 Å². The fourth-order valence-electron chi connectivity index (χ4n) is 2.05. The van der Waals surface area contributed by atoms with Gasteiger partial charge in [-0.2, -0.15) is 0 Å². The fraction of sp³-hybridized carbons (Fsp3) is 0.294. The molecule has 112 valence electrons. The summed E-state index contributed by atoms with van der Waals surface area (Å²) in [6.07, 6.45) is 1.10. The summed E-state index contributed by atoms with van der Waals surface area (Å²) in [7, 11) is 0. The minimum atomic E-state index is -0.325. The van der Waals surface area contributed by atoms with E-state index < -0.39 is 0 Å². The maximum absolute atomic E-state index is 13.4. The highest BCUT2D eigenvalue weighted by molar-refractivity contribution is 9.10. The van der Waals surface area contributed by atoms with Crippen molar-refractivity contribution in [2.45, 2.75) is 26.3 Å². The Kier molecular flexibility index (Phi) is 5.76. The van der Waals surface area contributed by atoms with Crippen molar-refractivity contribution in [1.82, 2.24) is 5.32 Å². The van der Waals surface area contributed by atoms with E-state index in [2.05, 4.69) is 41.2 Å². The number of rotatable bonds is 6. The average molecular weight is 352 g/mol. The number of hydrogen-bond donors (Lipinski definition) is 1. The SMILES string of the molecule is CCCNC(C)c1cccc(Oc2cc(F)cc(Br)c2)c1. The van der Waals surface area contributed by atoms with Gasteiger partial charge in [0.15, 0.2) is 0 Å². The number of benzene rings is 2. The Balaban J connectivity index is 2.13. The zero-order valence-corrected chi connectivity index (χ0v) is 13.8. The molecule has 0 radical (unpaired) electrons. The molecule has 0 aliphatic heterocycles. The van der Waals surface area contributed by atoms with Gasteiger partial charge in [0.1, 0.15) is 17.3 Å². The largest absolute Gasteiger partial charge is 0.457 e. The summed E-state index contributed by atoms with van der Waals surface area (Å²) in [6.45, 7) is 5.23. The van der Waals surface area contributed by atoms with Crippen molar-refractivity contribution in [3.63, 3.8) is 0 Å². The van der Waals surface area contributed by atoms with Gasteiger partial charge in [-0.25, -0.2) is 4.39 Å². The second-order valence-corrected chi connectivity index (χ2v) is 5.87. The van der Waals surface area contributed by atoms with E-state index in [1.807, 2.05) is 18.2 Å². The number of ether oxygens (including phenoxy) is 1. The van der Waals surface area contributed by atoms with Crippen LogP contribution in [0.1, 0.15) is 31.9 Å². The van der Waals surface area contributed by atoms with Gasteiger partial charge in [-0.3, -0.25) is 0 Å². The number of halogens is 2. The van der Waals surface area contributed by atoms with Crippen molar-refractivity contribution in [3.8, 4) is 11.5 Å². The van der Waals surface area contributed by atoms with Gasteiger partial charge in [-0.1, -0.05) is 35.0 Å². The Hall–Kier alpha value is -1.39.